The molecule has 0 fully saturated rings. The van der Waals surface area contributed by atoms with Crippen LogP contribution in [0.2, 0.25) is 0 Å². The van der Waals surface area contributed by atoms with Gasteiger partial charge in [-0.2, -0.15) is 0 Å². The standard InChI is InChI=1S/C13H19N5O/c1-3-11-14-7-10-18(11)8-4-5-16-13(19)12-15-6-9-17(12)2/h6-7,9-10H,3-5,8H2,1-2H3,(H,16,19). The molecule has 102 valence electrons. The highest BCUT2D eigenvalue weighted by atomic mass is 16.2. The Labute approximate surface area is 112 Å². The van der Waals surface area contributed by atoms with Crippen molar-refractivity contribution in [1.29, 1.82) is 0 Å². The Morgan fingerprint density at radius 3 is 2.79 bits per heavy atom. The van der Waals surface area contributed by atoms with Crippen molar-refractivity contribution >= 4 is 5.91 Å². The fourth-order valence-electron chi connectivity index (χ4n) is 1.97. The summed E-state index contributed by atoms with van der Waals surface area (Å²) in [7, 11) is 1.81. The molecule has 0 saturated heterocycles. The highest BCUT2D eigenvalue weighted by Crippen LogP contribution is 2.00. The van der Waals surface area contributed by atoms with Gasteiger partial charge >= 0.3 is 0 Å². The Bertz CT molecular complexity index is 543. The molecule has 0 aliphatic carbocycles. The second-order valence-corrected chi connectivity index (χ2v) is 4.36. The Hall–Kier alpha value is -2.11. The minimum atomic E-state index is -0.131. The molecule has 19 heavy (non-hydrogen) atoms. The van der Waals surface area contributed by atoms with Crippen molar-refractivity contribution in [2.24, 2.45) is 7.05 Å². The van der Waals surface area contributed by atoms with Crippen LogP contribution < -0.4 is 5.32 Å². The lowest BCUT2D eigenvalue weighted by Gasteiger charge is -2.07. The number of carbonyl (C=O) groups is 1. The first-order valence-electron chi connectivity index (χ1n) is 6.48. The maximum Gasteiger partial charge on any atom is 0.287 e. The average Bonchev–Trinajstić information content (AvgIpc) is 3.02. The van der Waals surface area contributed by atoms with Crippen molar-refractivity contribution in [3.8, 4) is 0 Å². The van der Waals surface area contributed by atoms with E-state index in [0.717, 1.165) is 25.2 Å². The van der Waals surface area contributed by atoms with Gasteiger partial charge in [-0.3, -0.25) is 4.79 Å². The van der Waals surface area contributed by atoms with Crippen molar-refractivity contribution in [3.05, 3.63) is 36.4 Å². The molecule has 2 rings (SSSR count). The van der Waals surface area contributed by atoms with Crippen LogP contribution in [0, 0.1) is 0 Å². The molecule has 0 radical (unpaired) electrons. The summed E-state index contributed by atoms with van der Waals surface area (Å²) < 4.78 is 3.83. The zero-order chi connectivity index (χ0) is 13.7. The molecule has 0 atom stereocenters. The first-order chi connectivity index (χ1) is 9.22. The van der Waals surface area contributed by atoms with Gasteiger partial charge in [-0.25, -0.2) is 9.97 Å². The summed E-state index contributed by atoms with van der Waals surface area (Å²) >= 11 is 0. The van der Waals surface area contributed by atoms with Crippen LogP contribution in [-0.4, -0.2) is 31.6 Å². The van der Waals surface area contributed by atoms with E-state index in [-0.39, 0.29) is 5.91 Å². The van der Waals surface area contributed by atoms with Crippen LogP contribution >= 0.6 is 0 Å². The van der Waals surface area contributed by atoms with Crippen LogP contribution in [0.15, 0.2) is 24.8 Å². The number of nitrogens with zero attached hydrogens (tertiary/aromatic N) is 4. The average molecular weight is 261 g/mol. The quantitative estimate of drug-likeness (QED) is 0.789. The van der Waals surface area contributed by atoms with E-state index >= 15 is 0 Å². The van der Waals surface area contributed by atoms with Crippen molar-refractivity contribution in [1.82, 2.24) is 24.4 Å². The van der Waals surface area contributed by atoms with Gasteiger partial charge < -0.3 is 14.5 Å². The van der Waals surface area contributed by atoms with E-state index in [4.69, 9.17) is 0 Å². The molecular weight excluding hydrogens is 242 g/mol. The highest BCUT2D eigenvalue weighted by molar-refractivity contribution is 5.90. The van der Waals surface area contributed by atoms with Crippen LogP contribution in [-0.2, 0) is 20.0 Å². The second kappa shape index (κ2) is 6.17. The molecular formula is C13H19N5O. The van der Waals surface area contributed by atoms with Gasteiger partial charge in [-0.05, 0) is 6.42 Å². The number of aromatic nitrogens is 4. The Kier molecular flexibility index (Phi) is 4.33. The first-order valence-corrected chi connectivity index (χ1v) is 6.48. The van der Waals surface area contributed by atoms with Crippen molar-refractivity contribution in [2.75, 3.05) is 6.54 Å². The summed E-state index contributed by atoms with van der Waals surface area (Å²) in [5.41, 5.74) is 0. The zero-order valence-corrected chi connectivity index (χ0v) is 11.3. The van der Waals surface area contributed by atoms with Crippen molar-refractivity contribution in [2.45, 2.75) is 26.3 Å². The molecule has 1 amide bonds. The van der Waals surface area contributed by atoms with Gasteiger partial charge in [0.1, 0.15) is 5.82 Å². The van der Waals surface area contributed by atoms with E-state index in [9.17, 15) is 4.79 Å². The number of carbonyl (C=O) groups excluding carboxylic acids is 1. The number of nitrogens with one attached hydrogen (secondary N) is 1. The van der Waals surface area contributed by atoms with E-state index in [2.05, 4.69) is 26.8 Å². The minimum Gasteiger partial charge on any atom is -0.349 e. The number of rotatable bonds is 6. The third-order valence-electron chi connectivity index (χ3n) is 3.00. The van der Waals surface area contributed by atoms with E-state index < -0.39 is 0 Å². The summed E-state index contributed by atoms with van der Waals surface area (Å²) in [6.45, 7) is 3.58. The number of aryl methyl sites for hydroxylation is 3. The summed E-state index contributed by atoms with van der Waals surface area (Å²) in [6.07, 6.45) is 8.96. The molecule has 0 aliphatic heterocycles. The molecule has 6 heteroatoms. The van der Waals surface area contributed by atoms with E-state index in [0.29, 0.717) is 12.4 Å². The summed E-state index contributed by atoms with van der Waals surface area (Å²) in [6, 6.07) is 0. The lowest BCUT2D eigenvalue weighted by molar-refractivity contribution is 0.0939. The largest absolute Gasteiger partial charge is 0.349 e. The normalized spacial score (nSPS) is 10.6. The molecule has 0 aromatic carbocycles. The van der Waals surface area contributed by atoms with Crippen LogP contribution in [0.4, 0.5) is 0 Å². The maximum absolute atomic E-state index is 11.8. The number of hydrogen-bond acceptors (Lipinski definition) is 3. The lowest BCUT2D eigenvalue weighted by Crippen LogP contribution is -2.27. The van der Waals surface area contributed by atoms with Crippen LogP contribution in [0.5, 0.6) is 0 Å². The summed E-state index contributed by atoms with van der Waals surface area (Å²) in [5.74, 6) is 1.39. The molecule has 0 saturated carbocycles. The summed E-state index contributed by atoms with van der Waals surface area (Å²) in [4.78, 5) is 20.1. The summed E-state index contributed by atoms with van der Waals surface area (Å²) in [5, 5.41) is 2.87. The Morgan fingerprint density at radius 2 is 2.11 bits per heavy atom. The van der Waals surface area contributed by atoms with Gasteiger partial charge in [0, 0.05) is 51.3 Å². The Balaban J connectivity index is 1.76. The van der Waals surface area contributed by atoms with Crippen LogP contribution in [0.25, 0.3) is 0 Å². The van der Waals surface area contributed by atoms with Gasteiger partial charge in [0.15, 0.2) is 5.82 Å². The predicted molar refractivity (Wildman–Crippen MR) is 71.8 cm³/mol. The Morgan fingerprint density at radius 1 is 1.32 bits per heavy atom. The number of amides is 1. The third-order valence-corrected chi connectivity index (χ3v) is 3.00. The van der Waals surface area contributed by atoms with Crippen molar-refractivity contribution < 1.29 is 4.79 Å². The molecule has 0 bridgehead atoms. The maximum atomic E-state index is 11.8. The van der Waals surface area contributed by atoms with Crippen LogP contribution in [0.3, 0.4) is 0 Å². The number of imidazole rings is 2. The minimum absolute atomic E-state index is 0.131. The molecule has 0 spiro atoms. The third kappa shape index (κ3) is 3.21. The first kappa shape index (κ1) is 13.3. The van der Waals surface area contributed by atoms with E-state index in [1.54, 1.807) is 24.0 Å². The van der Waals surface area contributed by atoms with Gasteiger partial charge in [-0.1, -0.05) is 6.92 Å². The van der Waals surface area contributed by atoms with Gasteiger partial charge in [0.2, 0.25) is 0 Å². The fourth-order valence-corrected chi connectivity index (χ4v) is 1.97. The molecule has 2 heterocycles. The topological polar surface area (TPSA) is 64.7 Å². The van der Waals surface area contributed by atoms with Crippen LogP contribution in [0.1, 0.15) is 29.8 Å². The zero-order valence-electron chi connectivity index (χ0n) is 11.3. The second-order valence-electron chi connectivity index (χ2n) is 4.36. The number of hydrogen-bond donors (Lipinski definition) is 1. The van der Waals surface area contributed by atoms with Gasteiger partial charge in [-0.15, -0.1) is 0 Å². The molecule has 1 N–H and O–H groups in total. The highest BCUT2D eigenvalue weighted by Gasteiger charge is 2.09. The van der Waals surface area contributed by atoms with Gasteiger partial charge in [0.05, 0.1) is 0 Å². The van der Waals surface area contributed by atoms with E-state index in [1.807, 2.05) is 12.4 Å². The molecule has 0 aliphatic rings. The monoisotopic (exact) mass is 261 g/mol. The lowest BCUT2D eigenvalue weighted by atomic mass is 10.3. The molecule has 6 nitrogen and oxygen atoms in total. The molecule has 0 unspecified atom stereocenters. The molecule has 2 aromatic heterocycles. The smallest absolute Gasteiger partial charge is 0.287 e. The SMILES string of the molecule is CCc1nccn1CCCNC(=O)c1nccn1C. The fraction of sp³-hybridized carbons (Fsp3) is 0.462. The van der Waals surface area contributed by atoms with Gasteiger partial charge in [0.25, 0.3) is 5.91 Å². The van der Waals surface area contributed by atoms with E-state index in [1.165, 1.54) is 0 Å². The van der Waals surface area contributed by atoms with Crippen molar-refractivity contribution in [3.63, 3.8) is 0 Å². The molecule has 2 aromatic rings. The predicted octanol–water partition coefficient (Wildman–Crippen LogP) is 0.999.